The quantitative estimate of drug-likeness (QED) is 0.620. The van der Waals surface area contributed by atoms with Gasteiger partial charge in [0.15, 0.2) is 0 Å². The van der Waals surface area contributed by atoms with E-state index in [1.54, 1.807) is 0 Å². The van der Waals surface area contributed by atoms with Crippen molar-refractivity contribution in [2.45, 2.75) is 18.6 Å². The minimum atomic E-state index is -1.07. The fraction of sp³-hybridized carbons (Fsp3) is 0.400. The van der Waals surface area contributed by atoms with Gasteiger partial charge in [0, 0.05) is 19.0 Å². The van der Waals surface area contributed by atoms with Gasteiger partial charge in [0.25, 0.3) is 5.69 Å². The van der Waals surface area contributed by atoms with Crippen molar-refractivity contribution in [2.75, 3.05) is 11.4 Å². The molecule has 1 aliphatic rings. The number of aromatic nitrogens is 1. The summed E-state index contributed by atoms with van der Waals surface area (Å²) in [6.45, 7) is 0.125. The number of rotatable bonds is 3. The molecule has 2 N–H and O–H groups in total. The van der Waals surface area contributed by atoms with Gasteiger partial charge in [-0.3, -0.25) is 10.1 Å². The Balaban J connectivity index is 2.36. The number of aliphatic hydroxyl groups is 1. The van der Waals surface area contributed by atoms with E-state index in [0.717, 1.165) is 6.20 Å². The summed E-state index contributed by atoms with van der Waals surface area (Å²) < 4.78 is 0.321. The second kappa shape index (κ2) is 5.10. The highest BCUT2D eigenvalue weighted by molar-refractivity contribution is 9.10. The Kier molecular flexibility index (Phi) is 3.67. The summed E-state index contributed by atoms with van der Waals surface area (Å²) in [5.74, 6) is -0.793. The zero-order valence-electron chi connectivity index (χ0n) is 9.56. The highest BCUT2D eigenvalue weighted by Gasteiger charge is 2.37. The molecule has 1 fully saturated rings. The number of nitrogens with zero attached hydrogens (tertiary/aromatic N) is 3. The number of hydrogen-bond donors (Lipinski definition) is 2. The van der Waals surface area contributed by atoms with Crippen molar-refractivity contribution >= 4 is 33.4 Å². The van der Waals surface area contributed by atoms with Crippen molar-refractivity contribution in [2.24, 2.45) is 0 Å². The van der Waals surface area contributed by atoms with Crippen molar-refractivity contribution in [1.82, 2.24) is 4.98 Å². The van der Waals surface area contributed by atoms with E-state index in [1.165, 1.54) is 11.0 Å². The molecule has 1 saturated heterocycles. The number of hydrogen-bond acceptors (Lipinski definition) is 6. The number of aliphatic hydroxyl groups excluding tert-OH is 1. The molecule has 2 atom stereocenters. The third-order valence-corrected chi connectivity index (χ3v) is 3.44. The second-order valence-electron chi connectivity index (χ2n) is 4.15. The van der Waals surface area contributed by atoms with E-state index in [9.17, 15) is 20.0 Å². The standard InChI is InChI=1S/C10H10BrN3O5/c11-7-1-5(14(18)19)3-12-9(7)13-4-6(15)2-8(13)10(16)17/h1,3,6,8,15H,2,4H2,(H,16,17). The Hall–Kier alpha value is -1.74. The summed E-state index contributed by atoms with van der Waals surface area (Å²) in [7, 11) is 0. The van der Waals surface area contributed by atoms with Gasteiger partial charge in [0.2, 0.25) is 0 Å². The van der Waals surface area contributed by atoms with Crippen LogP contribution in [0.25, 0.3) is 0 Å². The molecule has 2 unspecified atom stereocenters. The van der Waals surface area contributed by atoms with Gasteiger partial charge < -0.3 is 15.1 Å². The number of halogens is 1. The van der Waals surface area contributed by atoms with Crippen LogP contribution in [0.3, 0.4) is 0 Å². The summed E-state index contributed by atoms with van der Waals surface area (Å²) in [6, 6.07) is 0.367. The molecular weight excluding hydrogens is 322 g/mol. The molecule has 19 heavy (non-hydrogen) atoms. The van der Waals surface area contributed by atoms with Crippen LogP contribution in [0.2, 0.25) is 0 Å². The molecule has 0 aromatic carbocycles. The molecule has 0 aliphatic carbocycles. The Morgan fingerprint density at radius 3 is 2.84 bits per heavy atom. The summed E-state index contributed by atoms with van der Waals surface area (Å²) in [4.78, 5) is 26.5. The summed E-state index contributed by atoms with van der Waals surface area (Å²) in [5.41, 5.74) is -0.192. The second-order valence-corrected chi connectivity index (χ2v) is 5.01. The van der Waals surface area contributed by atoms with Crippen LogP contribution < -0.4 is 4.90 Å². The molecule has 0 saturated carbocycles. The third-order valence-electron chi connectivity index (χ3n) is 2.85. The minimum absolute atomic E-state index is 0.0977. The molecule has 1 aromatic rings. The van der Waals surface area contributed by atoms with Crippen LogP contribution in [0.5, 0.6) is 0 Å². The number of pyridine rings is 1. The molecule has 0 amide bonds. The van der Waals surface area contributed by atoms with Crippen LogP contribution in [0, 0.1) is 10.1 Å². The normalized spacial score (nSPS) is 22.5. The molecule has 0 radical (unpaired) electrons. The zero-order chi connectivity index (χ0) is 14.2. The van der Waals surface area contributed by atoms with Gasteiger partial charge in [0.1, 0.15) is 18.1 Å². The van der Waals surface area contributed by atoms with Crippen molar-refractivity contribution < 1.29 is 19.9 Å². The van der Waals surface area contributed by atoms with Crippen LogP contribution in [-0.4, -0.2) is 44.8 Å². The average Bonchev–Trinajstić information content (AvgIpc) is 2.71. The molecule has 0 spiro atoms. The van der Waals surface area contributed by atoms with Crippen LogP contribution in [0.15, 0.2) is 16.7 Å². The lowest BCUT2D eigenvalue weighted by Gasteiger charge is -2.22. The molecule has 2 heterocycles. The van der Waals surface area contributed by atoms with E-state index in [4.69, 9.17) is 5.11 Å². The highest BCUT2D eigenvalue weighted by Crippen LogP contribution is 2.32. The smallest absolute Gasteiger partial charge is 0.326 e. The first-order valence-electron chi connectivity index (χ1n) is 5.37. The molecule has 1 aliphatic heterocycles. The molecule has 2 rings (SSSR count). The molecule has 1 aromatic heterocycles. The maximum atomic E-state index is 11.1. The number of aliphatic carboxylic acids is 1. The molecule has 8 nitrogen and oxygen atoms in total. The summed E-state index contributed by atoms with van der Waals surface area (Å²) >= 11 is 3.14. The minimum Gasteiger partial charge on any atom is -0.480 e. The lowest BCUT2D eigenvalue weighted by Crippen LogP contribution is -2.36. The predicted octanol–water partition coefficient (Wildman–Crippen LogP) is 0.776. The molecule has 102 valence electrons. The van der Waals surface area contributed by atoms with Gasteiger partial charge in [-0.1, -0.05) is 0 Å². The monoisotopic (exact) mass is 331 g/mol. The largest absolute Gasteiger partial charge is 0.480 e. The Labute approximate surface area is 116 Å². The van der Waals surface area contributed by atoms with Crippen molar-refractivity contribution in [3.63, 3.8) is 0 Å². The van der Waals surface area contributed by atoms with Crippen LogP contribution in [0.4, 0.5) is 11.5 Å². The van der Waals surface area contributed by atoms with Crippen molar-refractivity contribution in [3.05, 3.63) is 26.9 Å². The number of carbonyl (C=O) groups is 1. The van der Waals surface area contributed by atoms with Gasteiger partial charge in [-0.2, -0.15) is 0 Å². The molecular formula is C10H10BrN3O5. The Bertz CT molecular complexity index is 538. The van der Waals surface area contributed by atoms with E-state index in [0.29, 0.717) is 4.47 Å². The fourth-order valence-corrected chi connectivity index (χ4v) is 2.58. The predicted molar refractivity (Wildman–Crippen MR) is 68.0 cm³/mol. The highest BCUT2D eigenvalue weighted by atomic mass is 79.9. The van der Waals surface area contributed by atoms with E-state index < -0.39 is 23.0 Å². The molecule has 0 bridgehead atoms. The van der Waals surface area contributed by atoms with Crippen molar-refractivity contribution in [1.29, 1.82) is 0 Å². The zero-order valence-corrected chi connectivity index (χ0v) is 11.1. The number of β-amino-alcohol motifs (C(OH)–C–C–N with tert-alkyl or cyclic N) is 1. The van der Waals surface area contributed by atoms with Gasteiger partial charge in [-0.15, -0.1) is 0 Å². The number of nitro groups is 1. The molecule has 9 heteroatoms. The van der Waals surface area contributed by atoms with E-state index in [1.807, 2.05) is 0 Å². The van der Waals surface area contributed by atoms with Crippen LogP contribution in [0.1, 0.15) is 6.42 Å². The lowest BCUT2D eigenvalue weighted by molar-refractivity contribution is -0.385. The topological polar surface area (TPSA) is 117 Å². The average molecular weight is 332 g/mol. The van der Waals surface area contributed by atoms with Gasteiger partial charge in [-0.05, 0) is 15.9 Å². The van der Waals surface area contributed by atoms with Crippen molar-refractivity contribution in [3.8, 4) is 0 Å². The van der Waals surface area contributed by atoms with E-state index in [-0.39, 0.29) is 24.5 Å². The first-order valence-corrected chi connectivity index (χ1v) is 6.17. The van der Waals surface area contributed by atoms with Crippen LogP contribution >= 0.6 is 15.9 Å². The van der Waals surface area contributed by atoms with Crippen LogP contribution in [-0.2, 0) is 4.79 Å². The maximum Gasteiger partial charge on any atom is 0.326 e. The first kappa shape index (κ1) is 13.7. The Morgan fingerprint density at radius 2 is 2.32 bits per heavy atom. The Morgan fingerprint density at radius 1 is 1.63 bits per heavy atom. The summed E-state index contributed by atoms with van der Waals surface area (Å²) in [6.07, 6.45) is 0.398. The van der Waals surface area contributed by atoms with Gasteiger partial charge in [-0.25, -0.2) is 9.78 Å². The SMILES string of the molecule is O=C(O)C1CC(O)CN1c1ncc([N+](=O)[O-])cc1Br. The van der Waals surface area contributed by atoms with Gasteiger partial charge in [0.05, 0.1) is 15.5 Å². The first-order chi connectivity index (χ1) is 8.90. The van der Waals surface area contributed by atoms with Gasteiger partial charge >= 0.3 is 5.97 Å². The third kappa shape index (κ3) is 2.66. The summed E-state index contributed by atoms with van der Waals surface area (Å²) in [5, 5.41) is 29.3. The maximum absolute atomic E-state index is 11.1. The fourth-order valence-electron chi connectivity index (χ4n) is 2.01. The number of carboxylic acids is 1. The van der Waals surface area contributed by atoms with E-state index >= 15 is 0 Å². The van der Waals surface area contributed by atoms with E-state index in [2.05, 4.69) is 20.9 Å². The number of carboxylic acid groups (broad SMARTS) is 1. The lowest BCUT2D eigenvalue weighted by atomic mass is 10.2. The number of anilines is 1.